The van der Waals surface area contributed by atoms with Gasteiger partial charge in [-0.2, -0.15) is 0 Å². The van der Waals surface area contributed by atoms with E-state index in [0.29, 0.717) is 29.4 Å². The number of nitrogens with one attached hydrogen (secondary N) is 2. The molecule has 0 fully saturated rings. The third kappa shape index (κ3) is 3.30. The van der Waals surface area contributed by atoms with Crippen LogP contribution in [0.1, 0.15) is 16.8 Å². The number of amides is 1. The van der Waals surface area contributed by atoms with Crippen molar-refractivity contribution in [3.8, 4) is 5.75 Å². The summed E-state index contributed by atoms with van der Waals surface area (Å²) >= 11 is 1.77. The molecule has 1 aliphatic rings. The molecule has 0 bridgehead atoms. The second-order valence-corrected chi connectivity index (χ2v) is 7.04. The Hall–Kier alpha value is -2.80. The van der Waals surface area contributed by atoms with E-state index in [1.165, 1.54) is 6.20 Å². The molecule has 0 spiro atoms. The molecule has 3 aromatic rings. The van der Waals surface area contributed by atoms with Crippen LogP contribution in [0.25, 0.3) is 10.9 Å². The molecule has 1 aromatic carbocycles. The normalized spacial score (nSPS) is 15.9. The summed E-state index contributed by atoms with van der Waals surface area (Å²) in [5, 5.41) is 3.30. The molecule has 1 amide bonds. The van der Waals surface area contributed by atoms with Crippen molar-refractivity contribution in [2.75, 3.05) is 12.3 Å². The molecule has 1 unspecified atom stereocenters. The van der Waals surface area contributed by atoms with Gasteiger partial charge in [0.1, 0.15) is 11.9 Å². The highest BCUT2D eigenvalue weighted by atomic mass is 32.2. The lowest BCUT2D eigenvalue weighted by molar-refractivity contribution is 0.0948. The molecule has 6 nitrogen and oxygen atoms in total. The van der Waals surface area contributed by atoms with Gasteiger partial charge in [0.25, 0.3) is 11.5 Å². The number of aromatic amines is 1. The number of nitrogens with zero attached hydrogens (tertiary/aromatic N) is 1. The van der Waals surface area contributed by atoms with Crippen LogP contribution < -0.4 is 15.6 Å². The third-order valence-corrected chi connectivity index (χ3v) is 5.41. The fourth-order valence-electron chi connectivity index (χ4n) is 2.91. The van der Waals surface area contributed by atoms with Crippen molar-refractivity contribution in [2.24, 2.45) is 0 Å². The van der Waals surface area contributed by atoms with E-state index in [1.807, 2.05) is 24.3 Å². The molecule has 7 heteroatoms. The first-order valence-electron chi connectivity index (χ1n) is 8.35. The number of ether oxygens (including phenoxy) is 1. The largest absolute Gasteiger partial charge is 0.488 e. The van der Waals surface area contributed by atoms with E-state index in [1.54, 1.807) is 30.1 Å². The molecule has 26 heavy (non-hydrogen) atoms. The first-order valence-corrected chi connectivity index (χ1v) is 9.34. The van der Waals surface area contributed by atoms with Gasteiger partial charge in [0.2, 0.25) is 0 Å². The van der Waals surface area contributed by atoms with Gasteiger partial charge in [-0.05, 0) is 24.3 Å². The maximum atomic E-state index is 12.5. The van der Waals surface area contributed by atoms with Crippen LogP contribution in [0, 0.1) is 0 Å². The number of pyridine rings is 2. The smallest absolute Gasteiger partial charge is 0.257 e. The molecular weight excluding hydrogens is 350 g/mol. The van der Waals surface area contributed by atoms with Crippen molar-refractivity contribution < 1.29 is 9.53 Å². The Morgan fingerprint density at radius 3 is 3.12 bits per heavy atom. The van der Waals surface area contributed by atoms with Gasteiger partial charge in [0.15, 0.2) is 0 Å². The van der Waals surface area contributed by atoms with E-state index in [-0.39, 0.29) is 17.6 Å². The highest BCUT2D eigenvalue weighted by molar-refractivity contribution is 7.99. The van der Waals surface area contributed by atoms with E-state index >= 15 is 0 Å². The van der Waals surface area contributed by atoms with Gasteiger partial charge in [0.05, 0.1) is 16.5 Å². The summed E-state index contributed by atoms with van der Waals surface area (Å²) in [6, 6.07) is 11.3. The number of rotatable bonds is 4. The van der Waals surface area contributed by atoms with Gasteiger partial charge < -0.3 is 15.0 Å². The SMILES string of the molecule is O=C(NCCC1CSc2ccccc2O1)c1c[nH]c(=O)c2cccnc12. The van der Waals surface area contributed by atoms with Crippen molar-refractivity contribution >= 4 is 28.6 Å². The summed E-state index contributed by atoms with van der Waals surface area (Å²) in [7, 11) is 0. The first-order chi connectivity index (χ1) is 12.7. The fraction of sp³-hybridized carbons (Fsp3) is 0.211. The lowest BCUT2D eigenvalue weighted by atomic mass is 10.1. The van der Waals surface area contributed by atoms with Gasteiger partial charge >= 0.3 is 0 Å². The molecule has 3 heterocycles. The van der Waals surface area contributed by atoms with Crippen LogP contribution in [0.5, 0.6) is 5.75 Å². The quantitative estimate of drug-likeness (QED) is 0.740. The zero-order chi connectivity index (χ0) is 17.9. The van der Waals surface area contributed by atoms with Crippen LogP contribution in [0.15, 0.2) is 58.5 Å². The third-order valence-electron chi connectivity index (χ3n) is 4.22. The van der Waals surface area contributed by atoms with Crippen LogP contribution in [0.4, 0.5) is 0 Å². The van der Waals surface area contributed by atoms with E-state index in [4.69, 9.17) is 4.74 Å². The molecule has 0 aliphatic carbocycles. The summed E-state index contributed by atoms with van der Waals surface area (Å²) in [5.74, 6) is 1.50. The van der Waals surface area contributed by atoms with Gasteiger partial charge in [-0.15, -0.1) is 11.8 Å². The number of para-hydroxylation sites is 1. The molecule has 2 N–H and O–H groups in total. The van der Waals surface area contributed by atoms with Crippen molar-refractivity contribution in [3.63, 3.8) is 0 Å². The minimum absolute atomic E-state index is 0.0562. The number of H-pyrrole nitrogens is 1. The Balaban J connectivity index is 1.40. The maximum absolute atomic E-state index is 12.5. The molecule has 1 atom stereocenters. The molecular formula is C19H17N3O3S. The molecule has 2 aromatic heterocycles. The maximum Gasteiger partial charge on any atom is 0.257 e. The summed E-state index contributed by atoms with van der Waals surface area (Å²) in [6.07, 6.45) is 3.75. The zero-order valence-corrected chi connectivity index (χ0v) is 14.7. The molecule has 4 rings (SSSR count). The summed E-state index contributed by atoms with van der Waals surface area (Å²) in [4.78, 5) is 32.2. The average Bonchev–Trinajstić information content (AvgIpc) is 2.68. The minimum atomic E-state index is -0.256. The van der Waals surface area contributed by atoms with Crippen molar-refractivity contribution in [1.82, 2.24) is 15.3 Å². The van der Waals surface area contributed by atoms with E-state index in [9.17, 15) is 9.59 Å². The van der Waals surface area contributed by atoms with Gasteiger partial charge in [-0.1, -0.05) is 12.1 Å². The lowest BCUT2D eigenvalue weighted by Crippen LogP contribution is -2.32. The number of carbonyl (C=O) groups excluding carboxylic acids is 1. The number of fused-ring (bicyclic) bond motifs is 2. The number of thioether (sulfide) groups is 1. The van der Waals surface area contributed by atoms with E-state index in [2.05, 4.69) is 15.3 Å². The monoisotopic (exact) mass is 367 g/mol. The Bertz CT molecular complexity index is 1020. The van der Waals surface area contributed by atoms with Crippen molar-refractivity contribution in [1.29, 1.82) is 0 Å². The van der Waals surface area contributed by atoms with Crippen LogP contribution in [0.2, 0.25) is 0 Å². The Morgan fingerprint density at radius 1 is 1.31 bits per heavy atom. The van der Waals surface area contributed by atoms with E-state index < -0.39 is 0 Å². The number of aromatic nitrogens is 2. The fourth-order valence-corrected chi connectivity index (χ4v) is 3.94. The Kier molecular flexibility index (Phi) is 4.62. The zero-order valence-electron chi connectivity index (χ0n) is 13.9. The molecule has 1 aliphatic heterocycles. The highest BCUT2D eigenvalue weighted by Gasteiger charge is 2.20. The standard InChI is InChI=1S/C19H17N3O3S/c23-18-13-4-3-8-20-17(13)14(10-22-18)19(24)21-9-7-12-11-26-16-6-2-1-5-15(16)25-12/h1-6,8,10,12H,7,9,11H2,(H,21,24)(H,22,23). The van der Waals surface area contributed by atoms with E-state index in [0.717, 1.165) is 16.4 Å². The van der Waals surface area contributed by atoms with Gasteiger partial charge in [-0.25, -0.2) is 0 Å². The van der Waals surface area contributed by atoms with Gasteiger partial charge in [-0.3, -0.25) is 14.6 Å². The summed E-state index contributed by atoms with van der Waals surface area (Å²) in [5.41, 5.74) is 0.521. The molecule has 132 valence electrons. The van der Waals surface area contributed by atoms with Crippen LogP contribution in [-0.2, 0) is 0 Å². The molecule has 0 saturated heterocycles. The number of carbonyl (C=O) groups is 1. The highest BCUT2D eigenvalue weighted by Crippen LogP contribution is 2.35. The summed E-state index contributed by atoms with van der Waals surface area (Å²) < 4.78 is 5.97. The van der Waals surface area contributed by atoms with Crippen molar-refractivity contribution in [2.45, 2.75) is 17.4 Å². The topological polar surface area (TPSA) is 84.1 Å². The second-order valence-electron chi connectivity index (χ2n) is 5.97. The predicted molar refractivity (Wildman–Crippen MR) is 101 cm³/mol. The van der Waals surface area contributed by atoms with Crippen LogP contribution in [-0.4, -0.2) is 34.3 Å². The molecule has 0 saturated carbocycles. The number of hydrogen-bond donors (Lipinski definition) is 2. The number of benzene rings is 1. The predicted octanol–water partition coefficient (Wildman–Crippen LogP) is 2.60. The minimum Gasteiger partial charge on any atom is -0.488 e. The average molecular weight is 367 g/mol. The summed E-state index contributed by atoms with van der Waals surface area (Å²) in [6.45, 7) is 0.486. The Morgan fingerprint density at radius 2 is 2.19 bits per heavy atom. The lowest BCUT2D eigenvalue weighted by Gasteiger charge is -2.25. The Labute approximate surface area is 154 Å². The van der Waals surface area contributed by atoms with Gasteiger partial charge in [0, 0.05) is 36.0 Å². The second kappa shape index (κ2) is 7.21. The number of hydrogen-bond acceptors (Lipinski definition) is 5. The van der Waals surface area contributed by atoms with Crippen LogP contribution >= 0.6 is 11.8 Å². The molecule has 0 radical (unpaired) electrons. The first kappa shape index (κ1) is 16.7. The van der Waals surface area contributed by atoms with Crippen molar-refractivity contribution in [3.05, 3.63) is 64.7 Å². The van der Waals surface area contributed by atoms with Crippen LogP contribution in [0.3, 0.4) is 0 Å².